The molecule has 0 atom stereocenters. The fourth-order valence-corrected chi connectivity index (χ4v) is 2.15. The van der Waals surface area contributed by atoms with Gasteiger partial charge in [0.05, 0.1) is 20.0 Å². The zero-order chi connectivity index (χ0) is 10.2. The first-order valence-electron chi connectivity index (χ1n) is 2.93. The van der Waals surface area contributed by atoms with Crippen molar-refractivity contribution in [3.63, 3.8) is 0 Å². The summed E-state index contributed by atoms with van der Waals surface area (Å²) in [5.74, 6) is 0. The summed E-state index contributed by atoms with van der Waals surface area (Å²) in [4.78, 5) is -0.566. The van der Waals surface area contributed by atoms with Gasteiger partial charge in [0.1, 0.15) is 10.1 Å². The molecule has 0 radical (unpaired) electrons. The normalized spacial score (nSPS) is 10.9. The number of hydrogen-bond acceptors (Lipinski definition) is 3. The second kappa shape index (κ2) is 5.81. The molecule has 0 bridgehead atoms. The fourth-order valence-electron chi connectivity index (χ4n) is 0.696. The third-order valence-corrected chi connectivity index (χ3v) is 3.27. The summed E-state index contributed by atoms with van der Waals surface area (Å²) in [6, 6.07) is 2.03. The van der Waals surface area contributed by atoms with Crippen molar-refractivity contribution >= 4 is 44.9 Å². The quantitative estimate of drug-likeness (QED) is 0.401. The standard InChI is InChI=1S/C6H3Cl3O3S.K/c7-3-1-5(9)6(2-4(3)8)13(10,11)12;/h1-2H,(H,10,11,12);/q;+1/p-1. The first kappa shape index (κ1) is 15.6. The summed E-state index contributed by atoms with van der Waals surface area (Å²) < 4.78 is 31.7. The molecule has 1 aromatic carbocycles. The predicted molar refractivity (Wildman–Crippen MR) is 49.4 cm³/mol. The number of hydrogen-bond donors (Lipinski definition) is 0. The molecule has 0 amide bonds. The maximum atomic E-state index is 10.6. The summed E-state index contributed by atoms with van der Waals surface area (Å²) in [5.41, 5.74) is 0. The Balaban J connectivity index is 0.00000169. The van der Waals surface area contributed by atoms with Crippen LogP contribution in [0.2, 0.25) is 15.1 Å². The van der Waals surface area contributed by atoms with E-state index in [4.69, 9.17) is 34.8 Å². The molecule has 0 saturated heterocycles. The SMILES string of the molecule is O=S(=O)([O-])c1cc(Cl)c(Cl)cc1Cl.[K+]. The second-order valence-corrected chi connectivity index (χ2v) is 4.72. The van der Waals surface area contributed by atoms with E-state index in [1.165, 1.54) is 0 Å². The van der Waals surface area contributed by atoms with Crippen LogP contribution >= 0.6 is 34.8 Å². The zero-order valence-corrected chi connectivity index (χ0v) is 13.1. The van der Waals surface area contributed by atoms with Gasteiger partial charge >= 0.3 is 51.4 Å². The van der Waals surface area contributed by atoms with Crippen LogP contribution in [-0.4, -0.2) is 13.0 Å². The number of halogens is 3. The van der Waals surface area contributed by atoms with Crippen LogP contribution in [0.5, 0.6) is 0 Å². The van der Waals surface area contributed by atoms with Gasteiger partial charge in [-0.1, -0.05) is 34.8 Å². The van der Waals surface area contributed by atoms with Crippen molar-refractivity contribution in [1.29, 1.82) is 0 Å². The van der Waals surface area contributed by atoms with E-state index >= 15 is 0 Å². The Kier molecular flexibility index (Phi) is 6.49. The van der Waals surface area contributed by atoms with E-state index in [2.05, 4.69) is 0 Å². The second-order valence-electron chi connectivity index (χ2n) is 2.15. The first-order chi connectivity index (χ1) is 5.82. The largest absolute Gasteiger partial charge is 1.00 e. The summed E-state index contributed by atoms with van der Waals surface area (Å²) in [5, 5.41) is -0.163. The molecule has 72 valence electrons. The van der Waals surface area contributed by atoms with Gasteiger partial charge in [-0.15, -0.1) is 0 Å². The molecule has 0 fully saturated rings. The number of benzene rings is 1. The van der Waals surface area contributed by atoms with Crippen LogP contribution in [0.3, 0.4) is 0 Å². The molecule has 1 rings (SSSR count). The summed E-state index contributed by atoms with van der Waals surface area (Å²) >= 11 is 16.5. The zero-order valence-electron chi connectivity index (χ0n) is 6.92. The molecule has 0 aliphatic heterocycles. The van der Waals surface area contributed by atoms with Gasteiger partial charge in [0.25, 0.3) is 0 Å². The van der Waals surface area contributed by atoms with Gasteiger partial charge in [-0.2, -0.15) is 0 Å². The van der Waals surface area contributed by atoms with Crippen molar-refractivity contribution in [2.24, 2.45) is 0 Å². The molecule has 0 unspecified atom stereocenters. The summed E-state index contributed by atoms with van der Waals surface area (Å²) in [6.07, 6.45) is 0. The fraction of sp³-hybridized carbons (Fsp3) is 0. The van der Waals surface area contributed by atoms with E-state index in [0.717, 1.165) is 12.1 Å². The molecule has 14 heavy (non-hydrogen) atoms. The van der Waals surface area contributed by atoms with Crippen molar-refractivity contribution in [1.82, 2.24) is 0 Å². The molecule has 1 aromatic rings. The first-order valence-corrected chi connectivity index (χ1v) is 5.47. The maximum absolute atomic E-state index is 10.6. The van der Waals surface area contributed by atoms with Crippen LogP contribution < -0.4 is 51.4 Å². The average molecular weight is 300 g/mol. The van der Waals surface area contributed by atoms with Crippen LogP contribution in [0.25, 0.3) is 0 Å². The molecule has 0 N–H and O–H groups in total. The van der Waals surface area contributed by atoms with Crippen LogP contribution in [-0.2, 0) is 10.1 Å². The maximum Gasteiger partial charge on any atom is 1.00 e. The van der Waals surface area contributed by atoms with Gasteiger partial charge in [-0.3, -0.25) is 0 Å². The Labute approximate surface area is 139 Å². The summed E-state index contributed by atoms with van der Waals surface area (Å²) in [7, 11) is -4.60. The van der Waals surface area contributed by atoms with E-state index in [1.807, 2.05) is 0 Å². The molecular weight excluding hydrogens is 298 g/mol. The molecule has 0 aliphatic carbocycles. The van der Waals surface area contributed by atoms with Crippen LogP contribution in [0.1, 0.15) is 0 Å². The topological polar surface area (TPSA) is 57.2 Å². The van der Waals surface area contributed by atoms with Crippen LogP contribution in [0.15, 0.2) is 17.0 Å². The van der Waals surface area contributed by atoms with Crippen molar-refractivity contribution < 1.29 is 64.4 Å². The van der Waals surface area contributed by atoms with Crippen molar-refractivity contribution in [2.45, 2.75) is 4.90 Å². The Morgan fingerprint density at radius 1 is 1.00 bits per heavy atom. The van der Waals surface area contributed by atoms with Gasteiger partial charge in [-0.05, 0) is 12.1 Å². The third-order valence-electron chi connectivity index (χ3n) is 1.24. The van der Waals surface area contributed by atoms with E-state index in [0.29, 0.717) is 0 Å². The molecule has 0 heterocycles. The van der Waals surface area contributed by atoms with Gasteiger partial charge in [0.2, 0.25) is 0 Å². The smallest absolute Gasteiger partial charge is 0.744 e. The Bertz CT molecular complexity index is 446. The summed E-state index contributed by atoms with van der Waals surface area (Å²) in [6.45, 7) is 0. The van der Waals surface area contributed by atoms with Gasteiger partial charge in [0, 0.05) is 0 Å². The van der Waals surface area contributed by atoms with E-state index in [-0.39, 0.29) is 66.5 Å². The van der Waals surface area contributed by atoms with E-state index in [9.17, 15) is 13.0 Å². The Hall–Kier alpha value is 1.64. The van der Waals surface area contributed by atoms with Gasteiger partial charge in [0.15, 0.2) is 0 Å². The van der Waals surface area contributed by atoms with Gasteiger partial charge in [-0.25, -0.2) is 8.42 Å². The van der Waals surface area contributed by atoms with Crippen LogP contribution in [0, 0.1) is 0 Å². The van der Waals surface area contributed by atoms with E-state index < -0.39 is 15.0 Å². The minimum atomic E-state index is -4.60. The Morgan fingerprint density at radius 2 is 1.43 bits per heavy atom. The average Bonchev–Trinajstić information content (AvgIpc) is 1.94. The van der Waals surface area contributed by atoms with Crippen molar-refractivity contribution in [2.75, 3.05) is 0 Å². The molecule has 0 aromatic heterocycles. The third kappa shape index (κ3) is 3.90. The minimum absolute atomic E-state index is 0. The van der Waals surface area contributed by atoms with Crippen LogP contribution in [0.4, 0.5) is 0 Å². The van der Waals surface area contributed by atoms with Gasteiger partial charge < -0.3 is 4.55 Å². The molecular formula is C6H2Cl3KO3S. The predicted octanol–water partition coefficient (Wildman–Crippen LogP) is -0.445. The molecule has 0 aliphatic rings. The van der Waals surface area contributed by atoms with Crippen molar-refractivity contribution in [3.8, 4) is 0 Å². The molecule has 0 saturated carbocycles. The molecule has 3 nitrogen and oxygen atoms in total. The minimum Gasteiger partial charge on any atom is -0.744 e. The van der Waals surface area contributed by atoms with Crippen molar-refractivity contribution in [3.05, 3.63) is 27.2 Å². The molecule has 8 heteroatoms. The monoisotopic (exact) mass is 298 g/mol. The number of rotatable bonds is 1. The van der Waals surface area contributed by atoms with E-state index in [1.54, 1.807) is 0 Å². The molecule has 0 spiro atoms. The Morgan fingerprint density at radius 3 is 1.86 bits per heavy atom.